The van der Waals surface area contributed by atoms with Gasteiger partial charge in [-0.15, -0.1) is 0 Å². The van der Waals surface area contributed by atoms with E-state index in [2.05, 4.69) is 16.6 Å². The van der Waals surface area contributed by atoms with Crippen molar-refractivity contribution in [3.05, 3.63) is 23.9 Å². The van der Waals surface area contributed by atoms with Gasteiger partial charge < -0.3 is 5.32 Å². The Morgan fingerprint density at radius 3 is 2.47 bits per heavy atom. The second-order valence-electron chi connectivity index (χ2n) is 4.26. The summed E-state index contributed by atoms with van der Waals surface area (Å²) in [5.74, 6) is 1.69. The first-order chi connectivity index (χ1) is 9.04. The number of pyridine rings is 1. The van der Waals surface area contributed by atoms with Crippen molar-refractivity contribution in [2.45, 2.75) is 31.9 Å². The van der Waals surface area contributed by atoms with E-state index in [1.165, 1.54) is 24.7 Å². The molecule has 0 unspecified atom stereocenters. The zero-order valence-electron chi connectivity index (χ0n) is 11.0. The normalized spacial score (nSPS) is 11.6. The van der Waals surface area contributed by atoms with Gasteiger partial charge in [-0.25, -0.2) is 4.98 Å². The largest absolute Gasteiger partial charge is 0.417 e. The van der Waals surface area contributed by atoms with Crippen LogP contribution in [0.15, 0.2) is 18.3 Å². The lowest BCUT2D eigenvalue weighted by atomic mass is 10.2. The van der Waals surface area contributed by atoms with Gasteiger partial charge in [0.05, 0.1) is 5.56 Å². The van der Waals surface area contributed by atoms with Crippen molar-refractivity contribution >= 4 is 17.6 Å². The Morgan fingerprint density at radius 1 is 1.16 bits per heavy atom. The molecule has 0 amide bonds. The van der Waals surface area contributed by atoms with Crippen molar-refractivity contribution in [2.75, 3.05) is 23.9 Å². The molecule has 0 aliphatic carbocycles. The lowest BCUT2D eigenvalue weighted by Crippen LogP contribution is -2.07. The van der Waals surface area contributed by atoms with E-state index in [4.69, 9.17) is 0 Å². The van der Waals surface area contributed by atoms with Gasteiger partial charge in [-0.2, -0.15) is 24.9 Å². The third kappa shape index (κ3) is 6.71. The quantitative estimate of drug-likeness (QED) is 0.717. The highest BCUT2D eigenvalue weighted by Gasteiger charge is 2.30. The smallest absolute Gasteiger partial charge is 0.370 e. The zero-order valence-corrected chi connectivity index (χ0v) is 11.8. The fourth-order valence-electron chi connectivity index (χ4n) is 1.61. The summed E-state index contributed by atoms with van der Waals surface area (Å²) in [6.07, 6.45) is 3.20. The van der Waals surface area contributed by atoms with Gasteiger partial charge in [0, 0.05) is 12.7 Å². The fourth-order valence-corrected chi connectivity index (χ4v) is 2.10. The molecule has 19 heavy (non-hydrogen) atoms. The number of nitrogens with one attached hydrogen (secondary N) is 1. The summed E-state index contributed by atoms with van der Waals surface area (Å²) in [4.78, 5) is 3.76. The first-order valence-corrected chi connectivity index (χ1v) is 7.69. The van der Waals surface area contributed by atoms with E-state index < -0.39 is 11.7 Å². The number of nitrogens with zero attached hydrogens (tertiary/aromatic N) is 1. The van der Waals surface area contributed by atoms with Crippen LogP contribution in [0.5, 0.6) is 0 Å². The molecule has 0 bridgehead atoms. The number of alkyl halides is 3. The van der Waals surface area contributed by atoms with Gasteiger partial charge in [-0.3, -0.25) is 0 Å². The van der Waals surface area contributed by atoms with Crippen LogP contribution < -0.4 is 5.32 Å². The molecule has 1 heterocycles. The van der Waals surface area contributed by atoms with Crippen LogP contribution in [0.1, 0.15) is 31.2 Å². The van der Waals surface area contributed by atoms with Crippen LogP contribution in [0.25, 0.3) is 0 Å². The Morgan fingerprint density at radius 2 is 1.89 bits per heavy atom. The first-order valence-electron chi connectivity index (χ1n) is 6.30. The Hall–Kier alpha value is -0.910. The third-order valence-corrected chi connectivity index (χ3v) is 3.37. The third-order valence-electron chi connectivity index (χ3n) is 2.67. The van der Waals surface area contributed by atoms with Crippen molar-refractivity contribution in [2.24, 2.45) is 0 Å². The predicted molar refractivity (Wildman–Crippen MR) is 74.6 cm³/mol. The summed E-state index contributed by atoms with van der Waals surface area (Å²) in [5.41, 5.74) is -0.713. The Labute approximate surface area is 116 Å². The molecule has 0 saturated heterocycles. The minimum Gasteiger partial charge on any atom is -0.370 e. The Bertz CT molecular complexity index is 352. The summed E-state index contributed by atoms with van der Waals surface area (Å²) < 4.78 is 36.9. The molecule has 0 saturated carbocycles. The van der Waals surface area contributed by atoms with Crippen molar-refractivity contribution in [1.29, 1.82) is 0 Å². The average molecular weight is 292 g/mol. The van der Waals surface area contributed by atoms with E-state index in [1.54, 1.807) is 0 Å². The van der Waals surface area contributed by atoms with Crippen LogP contribution in [0.3, 0.4) is 0 Å². The molecule has 6 heteroatoms. The van der Waals surface area contributed by atoms with E-state index in [0.717, 1.165) is 31.6 Å². The second kappa shape index (κ2) is 8.30. The predicted octanol–water partition coefficient (Wildman–Crippen LogP) is 4.44. The number of hydrogen-bond acceptors (Lipinski definition) is 3. The maximum Gasteiger partial charge on any atom is 0.417 e. The number of halogens is 3. The molecule has 108 valence electrons. The first kappa shape index (κ1) is 16.1. The molecule has 1 rings (SSSR count). The molecule has 0 aliphatic rings. The van der Waals surface area contributed by atoms with Crippen molar-refractivity contribution in [3.8, 4) is 0 Å². The van der Waals surface area contributed by atoms with Gasteiger partial charge in [-0.1, -0.05) is 12.8 Å². The molecule has 2 nitrogen and oxygen atoms in total. The molecule has 1 N–H and O–H groups in total. The molecule has 0 aliphatic heterocycles. The highest BCUT2D eigenvalue weighted by Crippen LogP contribution is 2.28. The molecule has 1 aromatic rings. The van der Waals surface area contributed by atoms with Crippen LogP contribution >= 0.6 is 11.8 Å². The number of hydrogen-bond donors (Lipinski definition) is 1. The monoisotopic (exact) mass is 292 g/mol. The van der Waals surface area contributed by atoms with Gasteiger partial charge in [0.2, 0.25) is 0 Å². The summed E-state index contributed by atoms with van der Waals surface area (Å²) in [6, 6.07) is 2.42. The number of aromatic nitrogens is 1. The lowest BCUT2D eigenvalue weighted by molar-refractivity contribution is -0.137. The van der Waals surface area contributed by atoms with E-state index in [1.807, 2.05) is 11.8 Å². The molecular weight excluding hydrogens is 273 g/mol. The lowest BCUT2D eigenvalue weighted by Gasteiger charge is -2.08. The fraction of sp³-hybridized carbons (Fsp3) is 0.615. The molecule has 0 radical (unpaired) electrons. The maximum absolute atomic E-state index is 12.3. The number of rotatable bonds is 8. The van der Waals surface area contributed by atoms with Crippen LogP contribution in [0.4, 0.5) is 19.0 Å². The van der Waals surface area contributed by atoms with Gasteiger partial charge in [0.1, 0.15) is 5.82 Å². The van der Waals surface area contributed by atoms with E-state index >= 15 is 0 Å². The SMILES string of the molecule is CSCCCCCCNc1ccc(C(F)(F)F)cn1. The number of anilines is 1. The van der Waals surface area contributed by atoms with Crippen LogP contribution in [0.2, 0.25) is 0 Å². The van der Waals surface area contributed by atoms with Crippen LogP contribution in [0, 0.1) is 0 Å². The molecule has 1 aromatic heterocycles. The van der Waals surface area contributed by atoms with E-state index in [-0.39, 0.29) is 0 Å². The molecule has 0 spiro atoms. The number of thioether (sulfide) groups is 1. The molecular formula is C13H19F3N2S. The maximum atomic E-state index is 12.3. The van der Waals surface area contributed by atoms with Gasteiger partial charge >= 0.3 is 6.18 Å². The van der Waals surface area contributed by atoms with Crippen molar-refractivity contribution in [1.82, 2.24) is 4.98 Å². The van der Waals surface area contributed by atoms with Gasteiger partial charge in [0.15, 0.2) is 0 Å². The standard InChI is InChI=1S/C13H19F3N2S/c1-19-9-5-3-2-4-8-17-12-7-6-11(10-18-12)13(14,15)16/h6-7,10H,2-5,8-9H2,1H3,(H,17,18). The summed E-state index contributed by atoms with van der Waals surface area (Å²) in [5, 5.41) is 3.03. The topological polar surface area (TPSA) is 24.9 Å². The van der Waals surface area contributed by atoms with E-state index in [0.29, 0.717) is 5.82 Å². The summed E-state index contributed by atoms with van der Waals surface area (Å²) in [6.45, 7) is 0.748. The molecule has 0 aromatic carbocycles. The minimum atomic E-state index is -4.32. The average Bonchev–Trinajstić information content (AvgIpc) is 2.37. The van der Waals surface area contributed by atoms with Crippen molar-refractivity contribution < 1.29 is 13.2 Å². The summed E-state index contributed by atoms with van der Waals surface area (Å²) >= 11 is 1.85. The minimum absolute atomic E-state index is 0.497. The molecule has 0 fully saturated rings. The Kier molecular flexibility index (Phi) is 7.05. The van der Waals surface area contributed by atoms with Crippen LogP contribution in [-0.4, -0.2) is 23.5 Å². The van der Waals surface area contributed by atoms with Crippen molar-refractivity contribution in [3.63, 3.8) is 0 Å². The second-order valence-corrected chi connectivity index (χ2v) is 5.25. The number of unbranched alkanes of at least 4 members (excludes halogenated alkanes) is 3. The zero-order chi connectivity index (χ0) is 14.1. The Balaban J connectivity index is 2.20. The van der Waals surface area contributed by atoms with Gasteiger partial charge in [0.25, 0.3) is 0 Å². The molecule has 0 atom stereocenters. The highest BCUT2D eigenvalue weighted by atomic mass is 32.2. The highest BCUT2D eigenvalue weighted by molar-refractivity contribution is 7.98. The van der Waals surface area contributed by atoms with Crippen LogP contribution in [-0.2, 0) is 6.18 Å². The van der Waals surface area contributed by atoms with E-state index in [9.17, 15) is 13.2 Å². The van der Waals surface area contributed by atoms with Gasteiger partial charge in [-0.05, 0) is 37.0 Å². The summed E-state index contributed by atoms with van der Waals surface area (Å²) in [7, 11) is 0.